The Morgan fingerprint density at radius 3 is 2.00 bits per heavy atom. The van der Waals surface area contributed by atoms with Crippen LogP contribution < -0.4 is 4.90 Å². The minimum absolute atomic E-state index is 0. The Balaban J connectivity index is 0.00000529. The van der Waals surface area contributed by atoms with Gasteiger partial charge in [0.25, 0.3) is 0 Å². The maximum Gasteiger partial charge on any atom is 0.325 e. The molecule has 0 aliphatic heterocycles. The highest BCUT2D eigenvalue weighted by Gasteiger charge is 2.22. The fourth-order valence-corrected chi connectivity index (χ4v) is 2.84. The van der Waals surface area contributed by atoms with Crippen LogP contribution in [0.2, 0.25) is 0 Å². The van der Waals surface area contributed by atoms with E-state index in [9.17, 15) is 4.79 Å². The zero-order valence-corrected chi connectivity index (χ0v) is 17.1. The van der Waals surface area contributed by atoms with E-state index < -0.39 is 0 Å². The van der Waals surface area contributed by atoms with Gasteiger partial charge in [0.05, 0.1) is 0 Å². The molecule has 0 spiro atoms. The van der Waals surface area contributed by atoms with Crippen molar-refractivity contribution in [2.24, 2.45) is 0 Å². The van der Waals surface area contributed by atoms with Crippen LogP contribution in [-0.4, -0.2) is 60.1 Å². The van der Waals surface area contributed by atoms with Gasteiger partial charge in [-0.1, -0.05) is 0 Å². The van der Waals surface area contributed by atoms with Crippen LogP contribution in [0.25, 0.3) is 0 Å². The Bertz CT molecular complexity index is 504. The third-order valence-electron chi connectivity index (χ3n) is 3.88. The Labute approximate surface area is 153 Å². The van der Waals surface area contributed by atoms with Gasteiger partial charge in [0.2, 0.25) is 0 Å². The fraction of sp³-hybridized carbons (Fsp3) is 0.667. The number of rotatable bonds is 6. The Morgan fingerprint density at radius 1 is 1.04 bits per heavy atom. The fourth-order valence-electron chi connectivity index (χ4n) is 2.84. The van der Waals surface area contributed by atoms with Gasteiger partial charge in [-0.25, -0.2) is 9.78 Å². The number of nitrogens with zero attached hydrogens (tertiary/aromatic N) is 4. The molecule has 0 aliphatic rings. The van der Waals surface area contributed by atoms with Gasteiger partial charge < -0.3 is 4.90 Å². The van der Waals surface area contributed by atoms with Crippen molar-refractivity contribution in [2.45, 2.75) is 53.6 Å². The highest BCUT2D eigenvalue weighted by molar-refractivity contribution is 5.90. The van der Waals surface area contributed by atoms with E-state index in [2.05, 4.69) is 37.6 Å². The first kappa shape index (κ1) is 22.7. The number of carbonyl (C=O) groups is 1. The summed E-state index contributed by atoms with van der Waals surface area (Å²) in [6, 6.07) is 4.85. The van der Waals surface area contributed by atoms with E-state index in [1.807, 2.05) is 26.0 Å². The van der Waals surface area contributed by atoms with Crippen LogP contribution in [0.3, 0.4) is 0 Å². The first-order chi connectivity index (χ1) is 10.6. The van der Waals surface area contributed by atoms with E-state index in [1.165, 1.54) is 0 Å². The van der Waals surface area contributed by atoms with E-state index in [1.54, 1.807) is 23.9 Å². The molecule has 0 bridgehead atoms. The number of urea groups is 1. The second kappa shape index (κ2) is 9.84. The maximum atomic E-state index is 12.6. The largest absolute Gasteiger partial charge is 0.330 e. The van der Waals surface area contributed by atoms with Gasteiger partial charge >= 0.3 is 6.03 Å². The highest BCUT2D eigenvalue weighted by atomic mass is 35.5. The van der Waals surface area contributed by atoms with Crippen LogP contribution in [0.5, 0.6) is 0 Å². The molecule has 0 fully saturated rings. The molecule has 0 radical (unpaired) electrons. The standard InChI is InChI=1S/C18H32N4O.ClH/c1-13(2)21(14(3)4)9-10-22(18(23)20(7)8)17-12-15(5)11-16(6)19-17;/h11-14H,9-10H2,1-8H3;1H. The lowest BCUT2D eigenvalue weighted by molar-refractivity contribution is 0.177. The number of aromatic nitrogens is 1. The number of halogens is 1. The molecule has 1 heterocycles. The molecule has 0 atom stereocenters. The van der Waals surface area contributed by atoms with Crippen molar-refractivity contribution in [3.05, 3.63) is 23.4 Å². The van der Waals surface area contributed by atoms with Gasteiger partial charge in [0.15, 0.2) is 0 Å². The molecule has 6 heteroatoms. The smallest absolute Gasteiger partial charge is 0.325 e. The molecule has 0 aromatic carbocycles. The van der Waals surface area contributed by atoms with Crippen LogP contribution >= 0.6 is 12.4 Å². The topological polar surface area (TPSA) is 39.7 Å². The first-order valence-corrected chi connectivity index (χ1v) is 8.33. The molecule has 0 aliphatic carbocycles. The normalized spacial score (nSPS) is 11.0. The first-order valence-electron chi connectivity index (χ1n) is 8.33. The summed E-state index contributed by atoms with van der Waals surface area (Å²) in [6.07, 6.45) is 0. The minimum atomic E-state index is -0.0324. The lowest BCUT2D eigenvalue weighted by Crippen LogP contribution is -2.47. The van der Waals surface area contributed by atoms with Crippen LogP contribution in [-0.2, 0) is 0 Å². The average molecular weight is 357 g/mol. The number of aryl methyl sites for hydroxylation is 2. The van der Waals surface area contributed by atoms with Gasteiger partial charge in [-0.2, -0.15) is 0 Å². The monoisotopic (exact) mass is 356 g/mol. The van der Waals surface area contributed by atoms with Crippen LogP contribution in [0.15, 0.2) is 12.1 Å². The van der Waals surface area contributed by atoms with Crippen molar-refractivity contribution in [3.8, 4) is 0 Å². The van der Waals surface area contributed by atoms with E-state index in [-0.39, 0.29) is 18.4 Å². The average Bonchev–Trinajstić information content (AvgIpc) is 2.40. The quantitative estimate of drug-likeness (QED) is 0.779. The Kier molecular flexibility index (Phi) is 9.30. The third-order valence-corrected chi connectivity index (χ3v) is 3.88. The number of pyridine rings is 1. The van der Waals surface area contributed by atoms with Crippen molar-refractivity contribution in [1.82, 2.24) is 14.8 Å². The molecule has 5 nitrogen and oxygen atoms in total. The maximum absolute atomic E-state index is 12.6. The van der Waals surface area contributed by atoms with E-state index in [4.69, 9.17) is 0 Å². The zero-order valence-electron chi connectivity index (χ0n) is 16.3. The van der Waals surface area contributed by atoms with Crippen molar-refractivity contribution < 1.29 is 4.79 Å². The molecule has 1 rings (SSSR count). The lowest BCUT2D eigenvalue weighted by Gasteiger charge is -2.33. The van der Waals surface area contributed by atoms with Gasteiger partial charge in [-0.15, -0.1) is 12.4 Å². The molecule has 2 amide bonds. The molecular formula is C18H33ClN4O. The molecule has 24 heavy (non-hydrogen) atoms. The Morgan fingerprint density at radius 2 is 1.58 bits per heavy atom. The number of amides is 2. The molecule has 138 valence electrons. The molecule has 1 aromatic heterocycles. The second-order valence-corrected chi connectivity index (χ2v) is 6.90. The number of hydrogen-bond donors (Lipinski definition) is 0. The lowest BCUT2D eigenvalue weighted by atomic mass is 10.2. The second-order valence-electron chi connectivity index (χ2n) is 6.90. The van der Waals surface area contributed by atoms with Gasteiger partial charge in [0, 0.05) is 45.0 Å². The summed E-state index contributed by atoms with van der Waals surface area (Å²) in [5.41, 5.74) is 2.05. The summed E-state index contributed by atoms with van der Waals surface area (Å²) in [5.74, 6) is 0.730. The SMILES string of the molecule is Cc1cc(C)nc(N(CCN(C(C)C)C(C)C)C(=O)N(C)C)c1.Cl. The predicted molar refractivity (Wildman–Crippen MR) is 104 cm³/mol. The summed E-state index contributed by atoms with van der Waals surface area (Å²) >= 11 is 0. The summed E-state index contributed by atoms with van der Waals surface area (Å²) < 4.78 is 0. The van der Waals surface area contributed by atoms with Crippen LogP contribution in [0, 0.1) is 13.8 Å². The minimum Gasteiger partial charge on any atom is -0.330 e. The molecule has 0 saturated heterocycles. The summed E-state index contributed by atoms with van der Waals surface area (Å²) in [6.45, 7) is 14.2. The van der Waals surface area contributed by atoms with Crippen molar-refractivity contribution >= 4 is 24.3 Å². The van der Waals surface area contributed by atoms with E-state index in [0.29, 0.717) is 18.6 Å². The summed E-state index contributed by atoms with van der Waals surface area (Å²) in [4.78, 5) is 22.9. The summed E-state index contributed by atoms with van der Waals surface area (Å²) in [7, 11) is 3.56. The van der Waals surface area contributed by atoms with Crippen molar-refractivity contribution in [1.29, 1.82) is 0 Å². The molecular weight excluding hydrogens is 324 g/mol. The zero-order chi connectivity index (χ0) is 17.7. The van der Waals surface area contributed by atoms with Gasteiger partial charge in [-0.05, 0) is 59.2 Å². The molecule has 1 aromatic rings. The van der Waals surface area contributed by atoms with Crippen LogP contribution in [0.1, 0.15) is 39.0 Å². The van der Waals surface area contributed by atoms with E-state index >= 15 is 0 Å². The number of hydrogen-bond acceptors (Lipinski definition) is 3. The number of anilines is 1. The van der Waals surface area contributed by atoms with Gasteiger partial charge in [0.1, 0.15) is 5.82 Å². The van der Waals surface area contributed by atoms with Crippen LogP contribution in [0.4, 0.5) is 10.6 Å². The van der Waals surface area contributed by atoms with Crippen molar-refractivity contribution in [3.63, 3.8) is 0 Å². The highest BCUT2D eigenvalue weighted by Crippen LogP contribution is 2.17. The predicted octanol–water partition coefficient (Wildman–Crippen LogP) is 3.73. The third kappa shape index (κ3) is 6.29. The van der Waals surface area contributed by atoms with Gasteiger partial charge in [-0.3, -0.25) is 9.80 Å². The summed E-state index contributed by atoms with van der Waals surface area (Å²) in [5, 5.41) is 0. The molecule has 0 saturated carbocycles. The molecule has 0 unspecified atom stereocenters. The van der Waals surface area contributed by atoms with E-state index in [0.717, 1.165) is 23.6 Å². The Hall–Kier alpha value is -1.33. The number of carbonyl (C=O) groups excluding carboxylic acids is 1. The molecule has 0 N–H and O–H groups in total. The van der Waals surface area contributed by atoms with Crippen molar-refractivity contribution in [2.75, 3.05) is 32.1 Å².